The Balaban J connectivity index is 2.14. The fraction of sp³-hybridized carbons (Fsp3) is 0.263. The summed E-state index contributed by atoms with van der Waals surface area (Å²) in [5.41, 5.74) is 0.949. The van der Waals surface area contributed by atoms with Gasteiger partial charge in [-0.25, -0.2) is 0 Å². The van der Waals surface area contributed by atoms with Crippen LogP contribution >= 0.6 is 0 Å². The molecule has 0 heterocycles. The molecule has 2 aromatic rings. The number of carbonyl (C=O) groups is 2. The summed E-state index contributed by atoms with van der Waals surface area (Å²) in [5.74, 6) is -2.24. The molecule has 1 atom stereocenters. The average Bonchev–Trinajstić information content (AvgIpc) is 2.65. The van der Waals surface area contributed by atoms with Crippen molar-refractivity contribution in [2.24, 2.45) is 5.92 Å². The van der Waals surface area contributed by atoms with Crippen LogP contribution in [0.4, 0.5) is 5.69 Å². The Bertz CT molecular complexity index is 851. The number of carboxylic acid groups (broad SMARTS) is 1. The number of nitro benzene ring substituents is 1. The second kappa shape index (κ2) is 8.79. The number of aliphatic carboxylic acids is 1. The molecule has 2 aromatic carbocycles. The number of carbonyl (C=O) groups excluding carboxylic acids is 1. The van der Waals surface area contributed by atoms with Gasteiger partial charge in [0.2, 0.25) is 0 Å². The van der Waals surface area contributed by atoms with E-state index in [-0.39, 0.29) is 30.0 Å². The van der Waals surface area contributed by atoms with Crippen LogP contribution in [0.1, 0.15) is 21.5 Å². The molecule has 8 heteroatoms. The molecular formula is C19H20N2O6. The third kappa shape index (κ3) is 5.04. The van der Waals surface area contributed by atoms with E-state index in [1.165, 1.54) is 20.1 Å². The Labute approximate surface area is 155 Å². The standard InChI is InChI=1S/C19H20N2O6/c1-12-16(21(25)26)9-14(10-17(12)27-2)18(22)20-11-15(19(23)24)8-13-6-4-3-5-7-13/h3-7,9-10,15H,8,11H2,1-2H3,(H,20,22)(H,23,24). The normalized spacial score (nSPS) is 11.5. The number of amides is 1. The minimum Gasteiger partial charge on any atom is -0.496 e. The molecule has 0 radical (unpaired) electrons. The van der Waals surface area contributed by atoms with Crippen LogP contribution in [0.5, 0.6) is 5.75 Å². The molecule has 0 bridgehead atoms. The number of nitrogens with zero attached hydrogens (tertiary/aromatic N) is 1. The molecule has 0 aliphatic rings. The Kier molecular flexibility index (Phi) is 6.48. The van der Waals surface area contributed by atoms with Crippen molar-refractivity contribution in [3.8, 4) is 5.75 Å². The Hall–Kier alpha value is -3.42. The van der Waals surface area contributed by atoms with Crippen molar-refractivity contribution in [3.63, 3.8) is 0 Å². The molecule has 0 fully saturated rings. The summed E-state index contributed by atoms with van der Waals surface area (Å²) in [7, 11) is 1.36. The Morgan fingerprint density at radius 1 is 1.26 bits per heavy atom. The summed E-state index contributed by atoms with van der Waals surface area (Å²) >= 11 is 0. The van der Waals surface area contributed by atoms with Crippen LogP contribution in [0, 0.1) is 23.0 Å². The number of rotatable bonds is 8. The summed E-state index contributed by atoms with van der Waals surface area (Å²) in [5, 5.41) is 23.1. The smallest absolute Gasteiger partial charge is 0.308 e. The van der Waals surface area contributed by atoms with E-state index in [4.69, 9.17) is 4.74 Å². The minimum atomic E-state index is -1.04. The summed E-state index contributed by atoms with van der Waals surface area (Å²) < 4.78 is 5.09. The zero-order chi connectivity index (χ0) is 20.0. The fourth-order valence-corrected chi connectivity index (χ4v) is 2.67. The van der Waals surface area contributed by atoms with Gasteiger partial charge in [-0.3, -0.25) is 19.7 Å². The maximum atomic E-state index is 12.4. The molecule has 0 saturated carbocycles. The van der Waals surface area contributed by atoms with Crippen LogP contribution in [-0.2, 0) is 11.2 Å². The lowest BCUT2D eigenvalue weighted by Crippen LogP contribution is -2.34. The number of nitro groups is 1. The first-order valence-electron chi connectivity index (χ1n) is 8.21. The fourth-order valence-electron chi connectivity index (χ4n) is 2.67. The van der Waals surface area contributed by atoms with Crippen LogP contribution in [0.15, 0.2) is 42.5 Å². The van der Waals surface area contributed by atoms with Crippen LogP contribution in [0.2, 0.25) is 0 Å². The minimum absolute atomic E-state index is 0.0352. The highest BCUT2D eigenvalue weighted by Crippen LogP contribution is 2.29. The molecule has 2 rings (SSSR count). The van der Waals surface area contributed by atoms with Crippen LogP contribution in [-0.4, -0.2) is 35.6 Å². The largest absolute Gasteiger partial charge is 0.496 e. The van der Waals surface area contributed by atoms with Crippen molar-refractivity contribution in [1.29, 1.82) is 0 Å². The highest BCUT2D eigenvalue weighted by atomic mass is 16.6. The van der Waals surface area contributed by atoms with E-state index in [0.717, 1.165) is 11.6 Å². The van der Waals surface area contributed by atoms with Gasteiger partial charge in [0.15, 0.2) is 0 Å². The van der Waals surface area contributed by atoms with Crippen LogP contribution in [0.25, 0.3) is 0 Å². The Morgan fingerprint density at radius 2 is 1.93 bits per heavy atom. The SMILES string of the molecule is COc1cc(C(=O)NCC(Cc2ccccc2)C(=O)O)cc([N+](=O)[O-])c1C. The van der Waals surface area contributed by atoms with Gasteiger partial charge in [-0.15, -0.1) is 0 Å². The van der Waals surface area contributed by atoms with Crippen molar-refractivity contribution in [1.82, 2.24) is 5.32 Å². The summed E-state index contributed by atoms with van der Waals surface area (Å²) in [6.45, 7) is 1.42. The van der Waals surface area contributed by atoms with Gasteiger partial charge < -0.3 is 15.2 Å². The molecule has 1 unspecified atom stereocenters. The topological polar surface area (TPSA) is 119 Å². The van der Waals surface area contributed by atoms with Gasteiger partial charge in [0.25, 0.3) is 11.6 Å². The molecular weight excluding hydrogens is 352 g/mol. The van der Waals surface area contributed by atoms with Gasteiger partial charge in [-0.2, -0.15) is 0 Å². The van der Waals surface area contributed by atoms with Crippen molar-refractivity contribution >= 4 is 17.6 Å². The predicted molar refractivity (Wildman–Crippen MR) is 98.0 cm³/mol. The number of nitrogens with one attached hydrogen (secondary N) is 1. The first-order chi connectivity index (χ1) is 12.8. The molecule has 0 saturated heterocycles. The van der Waals surface area contributed by atoms with Crippen LogP contribution < -0.4 is 10.1 Å². The molecule has 0 aliphatic carbocycles. The van der Waals surface area contributed by atoms with Gasteiger partial charge in [0.05, 0.1) is 23.5 Å². The number of benzene rings is 2. The molecule has 142 valence electrons. The van der Waals surface area contributed by atoms with E-state index in [1.54, 1.807) is 0 Å². The number of hydrogen-bond donors (Lipinski definition) is 2. The van der Waals surface area contributed by atoms with Gasteiger partial charge in [0, 0.05) is 18.2 Å². The van der Waals surface area contributed by atoms with Crippen LogP contribution in [0.3, 0.4) is 0 Å². The van der Waals surface area contributed by atoms with E-state index in [9.17, 15) is 24.8 Å². The molecule has 0 aromatic heterocycles. The first-order valence-corrected chi connectivity index (χ1v) is 8.21. The summed E-state index contributed by atoms with van der Waals surface area (Å²) in [4.78, 5) is 34.4. The molecule has 0 aliphatic heterocycles. The highest BCUT2D eigenvalue weighted by Gasteiger charge is 2.22. The number of methoxy groups -OCH3 is 1. The third-order valence-electron chi connectivity index (χ3n) is 4.19. The van der Waals surface area contributed by atoms with E-state index in [2.05, 4.69) is 5.32 Å². The first kappa shape index (κ1) is 19.9. The molecule has 1 amide bonds. The quantitative estimate of drug-likeness (QED) is 0.543. The molecule has 0 spiro atoms. The lowest BCUT2D eigenvalue weighted by molar-refractivity contribution is -0.385. The van der Waals surface area contributed by atoms with E-state index in [1.807, 2.05) is 30.3 Å². The summed E-state index contributed by atoms with van der Waals surface area (Å²) in [6.07, 6.45) is 0.258. The van der Waals surface area contributed by atoms with Gasteiger partial charge in [-0.05, 0) is 25.0 Å². The molecule has 2 N–H and O–H groups in total. The summed E-state index contributed by atoms with van der Waals surface area (Å²) in [6, 6.07) is 11.6. The second-order valence-electron chi connectivity index (χ2n) is 6.01. The second-order valence-corrected chi connectivity index (χ2v) is 6.01. The molecule has 27 heavy (non-hydrogen) atoms. The highest BCUT2D eigenvalue weighted by molar-refractivity contribution is 5.95. The third-order valence-corrected chi connectivity index (χ3v) is 4.19. The molecule has 8 nitrogen and oxygen atoms in total. The van der Waals surface area contributed by atoms with Crippen molar-refractivity contribution in [3.05, 3.63) is 69.3 Å². The lowest BCUT2D eigenvalue weighted by Gasteiger charge is -2.14. The van der Waals surface area contributed by atoms with Gasteiger partial charge in [-0.1, -0.05) is 30.3 Å². The zero-order valence-electron chi connectivity index (χ0n) is 15.0. The van der Waals surface area contributed by atoms with Crippen molar-refractivity contribution in [2.45, 2.75) is 13.3 Å². The number of carboxylic acids is 1. The average molecular weight is 372 g/mol. The van der Waals surface area contributed by atoms with Gasteiger partial charge >= 0.3 is 5.97 Å². The van der Waals surface area contributed by atoms with E-state index < -0.39 is 22.7 Å². The Morgan fingerprint density at radius 3 is 2.48 bits per heavy atom. The monoisotopic (exact) mass is 372 g/mol. The lowest BCUT2D eigenvalue weighted by atomic mass is 9.99. The van der Waals surface area contributed by atoms with Gasteiger partial charge in [0.1, 0.15) is 5.75 Å². The zero-order valence-corrected chi connectivity index (χ0v) is 15.0. The van der Waals surface area contributed by atoms with E-state index >= 15 is 0 Å². The van der Waals surface area contributed by atoms with E-state index in [0.29, 0.717) is 5.56 Å². The van der Waals surface area contributed by atoms with Crippen molar-refractivity contribution in [2.75, 3.05) is 13.7 Å². The van der Waals surface area contributed by atoms with Crippen molar-refractivity contribution < 1.29 is 24.4 Å². The number of ether oxygens (including phenoxy) is 1. The maximum absolute atomic E-state index is 12.4. The number of hydrogen-bond acceptors (Lipinski definition) is 5. The maximum Gasteiger partial charge on any atom is 0.308 e. The predicted octanol–water partition coefficient (Wildman–Crippen LogP) is 2.59.